The van der Waals surface area contributed by atoms with Crippen molar-refractivity contribution in [2.75, 3.05) is 20.8 Å². The lowest BCUT2D eigenvalue weighted by molar-refractivity contribution is 0.0733. The molecule has 0 unspecified atom stereocenters. The molecule has 1 heterocycles. The minimum Gasteiger partial charge on any atom is -0.497 e. The van der Waals surface area contributed by atoms with Crippen molar-refractivity contribution in [2.24, 2.45) is 0 Å². The molecule has 0 spiro atoms. The van der Waals surface area contributed by atoms with E-state index < -0.39 is 0 Å². The number of likely N-dealkylation sites (N-methyl/N-ethyl adjacent to an activating group) is 1. The fourth-order valence-corrected chi connectivity index (χ4v) is 2.56. The summed E-state index contributed by atoms with van der Waals surface area (Å²) in [6.45, 7) is 0.475. The third-order valence-corrected chi connectivity index (χ3v) is 3.73. The summed E-state index contributed by atoms with van der Waals surface area (Å²) in [5.74, 6) is 2.15. The third kappa shape index (κ3) is 2.64. The molecule has 4 nitrogen and oxygen atoms in total. The van der Waals surface area contributed by atoms with E-state index in [-0.39, 0.29) is 6.23 Å². The van der Waals surface area contributed by atoms with E-state index in [1.54, 1.807) is 13.2 Å². The van der Waals surface area contributed by atoms with Gasteiger partial charge < -0.3 is 14.2 Å². The number of hydrogen-bond acceptors (Lipinski definition) is 4. The van der Waals surface area contributed by atoms with Crippen molar-refractivity contribution in [1.82, 2.24) is 5.32 Å². The summed E-state index contributed by atoms with van der Waals surface area (Å²) in [5, 5.41) is 3.67. The van der Waals surface area contributed by atoms with Crippen molar-refractivity contribution in [3.05, 3.63) is 41.4 Å². The minimum atomic E-state index is -0.171. The molecule has 0 amide bonds. The molecular weight excluding hydrogens is 290 g/mol. The van der Waals surface area contributed by atoms with Gasteiger partial charge >= 0.3 is 0 Å². The van der Waals surface area contributed by atoms with Crippen LogP contribution in [0.2, 0.25) is 5.02 Å². The van der Waals surface area contributed by atoms with Gasteiger partial charge in [0.15, 0.2) is 17.7 Å². The van der Waals surface area contributed by atoms with Crippen LogP contribution in [0.3, 0.4) is 0 Å². The monoisotopic (exact) mass is 305 g/mol. The largest absolute Gasteiger partial charge is 0.497 e. The summed E-state index contributed by atoms with van der Waals surface area (Å²) in [4.78, 5) is 0. The molecule has 0 radical (unpaired) electrons. The van der Waals surface area contributed by atoms with Gasteiger partial charge in [-0.05, 0) is 31.3 Å². The van der Waals surface area contributed by atoms with E-state index in [1.807, 2.05) is 37.4 Å². The summed E-state index contributed by atoms with van der Waals surface area (Å²) < 4.78 is 16.9. The molecule has 5 heteroatoms. The average Bonchev–Trinajstić information content (AvgIpc) is 2.53. The first-order valence-corrected chi connectivity index (χ1v) is 7.04. The quantitative estimate of drug-likeness (QED) is 0.944. The maximum atomic E-state index is 6.36. The highest BCUT2D eigenvalue weighted by Gasteiger charge is 2.23. The molecule has 2 aromatic carbocycles. The van der Waals surface area contributed by atoms with E-state index in [1.165, 1.54) is 0 Å². The Morgan fingerprint density at radius 3 is 2.81 bits per heavy atom. The fourth-order valence-electron chi connectivity index (χ4n) is 2.29. The van der Waals surface area contributed by atoms with Crippen molar-refractivity contribution in [1.29, 1.82) is 0 Å². The first-order chi connectivity index (χ1) is 10.2. The van der Waals surface area contributed by atoms with E-state index >= 15 is 0 Å². The number of ether oxygens (including phenoxy) is 3. The smallest absolute Gasteiger partial charge is 0.184 e. The molecule has 0 aromatic heterocycles. The number of methoxy groups -OCH3 is 1. The molecule has 0 fully saturated rings. The standard InChI is InChI=1S/C16H16ClNO3/c1-18-15-9-20-14-5-3-4-12(16(14)21-15)11-7-6-10(19-2)8-13(11)17/h3-8,15,18H,9H2,1-2H3/t15-/m0/s1. The van der Waals surface area contributed by atoms with E-state index in [0.717, 1.165) is 22.6 Å². The molecule has 0 bridgehead atoms. The Balaban J connectivity index is 2.07. The molecule has 0 saturated carbocycles. The maximum Gasteiger partial charge on any atom is 0.184 e. The van der Waals surface area contributed by atoms with Crippen LogP contribution >= 0.6 is 11.6 Å². The SMILES string of the molecule is CN[C@@H]1COc2cccc(-c3ccc(OC)cc3Cl)c2O1. The molecule has 1 aliphatic rings. The molecule has 3 rings (SSSR count). The first kappa shape index (κ1) is 14.0. The van der Waals surface area contributed by atoms with Crippen LogP contribution in [0.15, 0.2) is 36.4 Å². The lowest BCUT2D eigenvalue weighted by Crippen LogP contribution is -2.39. The highest BCUT2D eigenvalue weighted by atomic mass is 35.5. The van der Waals surface area contributed by atoms with Crippen LogP contribution in [0.1, 0.15) is 0 Å². The number of fused-ring (bicyclic) bond motifs is 1. The van der Waals surface area contributed by atoms with Crippen molar-refractivity contribution in [3.63, 3.8) is 0 Å². The van der Waals surface area contributed by atoms with E-state index in [0.29, 0.717) is 17.4 Å². The zero-order valence-electron chi connectivity index (χ0n) is 11.9. The van der Waals surface area contributed by atoms with Crippen LogP contribution in [-0.2, 0) is 0 Å². The molecule has 1 aliphatic heterocycles. The van der Waals surface area contributed by atoms with Gasteiger partial charge in [-0.1, -0.05) is 23.7 Å². The molecule has 1 atom stereocenters. The predicted octanol–water partition coefficient (Wildman–Crippen LogP) is 3.33. The summed E-state index contributed by atoms with van der Waals surface area (Å²) in [7, 11) is 3.45. The normalized spacial score (nSPS) is 16.6. The van der Waals surface area contributed by atoms with Crippen LogP contribution in [0.4, 0.5) is 0 Å². The Morgan fingerprint density at radius 2 is 2.10 bits per heavy atom. The predicted molar refractivity (Wildman–Crippen MR) is 82.4 cm³/mol. The van der Waals surface area contributed by atoms with Gasteiger partial charge in [-0.15, -0.1) is 0 Å². The van der Waals surface area contributed by atoms with Crippen LogP contribution in [0.25, 0.3) is 11.1 Å². The zero-order chi connectivity index (χ0) is 14.8. The topological polar surface area (TPSA) is 39.7 Å². The molecule has 2 aromatic rings. The van der Waals surface area contributed by atoms with Crippen molar-refractivity contribution in [2.45, 2.75) is 6.23 Å². The van der Waals surface area contributed by atoms with Gasteiger partial charge in [0, 0.05) is 11.1 Å². The Morgan fingerprint density at radius 1 is 1.24 bits per heavy atom. The van der Waals surface area contributed by atoms with Crippen LogP contribution in [0.5, 0.6) is 17.2 Å². The van der Waals surface area contributed by atoms with Crippen molar-refractivity contribution < 1.29 is 14.2 Å². The summed E-state index contributed by atoms with van der Waals surface area (Å²) in [6.07, 6.45) is -0.171. The second-order valence-corrected chi connectivity index (χ2v) is 5.09. The Labute approximate surface area is 128 Å². The Hall–Kier alpha value is -1.91. The molecular formula is C16H16ClNO3. The van der Waals surface area contributed by atoms with Gasteiger partial charge in [-0.25, -0.2) is 0 Å². The lowest BCUT2D eigenvalue weighted by atomic mass is 10.0. The summed E-state index contributed by atoms with van der Waals surface area (Å²) >= 11 is 6.36. The van der Waals surface area contributed by atoms with Gasteiger partial charge in [0.25, 0.3) is 0 Å². The molecule has 1 N–H and O–H groups in total. The Kier molecular flexibility index (Phi) is 3.90. The fraction of sp³-hybridized carbons (Fsp3) is 0.250. The molecule has 0 aliphatic carbocycles. The molecule has 21 heavy (non-hydrogen) atoms. The van der Waals surface area contributed by atoms with Crippen molar-refractivity contribution >= 4 is 11.6 Å². The summed E-state index contributed by atoms with van der Waals surface area (Å²) in [6, 6.07) is 11.4. The maximum absolute atomic E-state index is 6.36. The minimum absolute atomic E-state index is 0.171. The van der Waals surface area contributed by atoms with Crippen molar-refractivity contribution in [3.8, 4) is 28.4 Å². The highest BCUT2D eigenvalue weighted by molar-refractivity contribution is 6.33. The lowest BCUT2D eigenvalue weighted by Gasteiger charge is -2.28. The second kappa shape index (κ2) is 5.84. The van der Waals surface area contributed by atoms with E-state index in [9.17, 15) is 0 Å². The van der Waals surface area contributed by atoms with E-state index in [4.69, 9.17) is 25.8 Å². The average molecular weight is 306 g/mol. The zero-order valence-corrected chi connectivity index (χ0v) is 12.6. The van der Waals surface area contributed by atoms with Gasteiger partial charge in [0.1, 0.15) is 12.4 Å². The van der Waals surface area contributed by atoms with Gasteiger partial charge in [0.2, 0.25) is 0 Å². The second-order valence-electron chi connectivity index (χ2n) is 4.68. The number of halogens is 1. The number of rotatable bonds is 3. The number of hydrogen-bond donors (Lipinski definition) is 1. The summed E-state index contributed by atoms with van der Waals surface area (Å²) in [5.41, 5.74) is 1.79. The highest BCUT2D eigenvalue weighted by Crippen LogP contribution is 2.43. The Bertz CT molecular complexity index is 660. The molecule has 110 valence electrons. The van der Waals surface area contributed by atoms with Gasteiger partial charge in [-0.3, -0.25) is 5.32 Å². The number of benzene rings is 2. The molecule has 0 saturated heterocycles. The number of nitrogens with one attached hydrogen (secondary N) is 1. The third-order valence-electron chi connectivity index (χ3n) is 3.42. The van der Waals surface area contributed by atoms with Crippen LogP contribution in [0, 0.1) is 0 Å². The van der Waals surface area contributed by atoms with Gasteiger partial charge in [0.05, 0.1) is 12.1 Å². The first-order valence-electron chi connectivity index (χ1n) is 6.66. The number of para-hydroxylation sites is 1. The van der Waals surface area contributed by atoms with E-state index in [2.05, 4.69) is 5.32 Å². The van der Waals surface area contributed by atoms with Crippen LogP contribution < -0.4 is 19.5 Å². The van der Waals surface area contributed by atoms with Gasteiger partial charge in [-0.2, -0.15) is 0 Å². The van der Waals surface area contributed by atoms with Crippen LogP contribution in [-0.4, -0.2) is 27.0 Å².